The monoisotopic (exact) mass is 566 g/mol. The van der Waals surface area contributed by atoms with E-state index < -0.39 is 11.8 Å². The highest BCUT2D eigenvalue weighted by atomic mass is 35.5. The first-order valence-electron chi connectivity index (χ1n) is 12.6. The fourth-order valence-electron chi connectivity index (χ4n) is 3.84. The second kappa shape index (κ2) is 13.8. The van der Waals surface area contributed by atoms with Gasteiger partial charge in [-0.05, 0) is 84.5 Å². The molecule has 7 nitrogen and oxygen atoms in total. The summed E-state index contributed by atoms with van der Waals surface area (Å²) in [4.78, 5) is 38.9. The maximum Gasteiger partial charge on any atom is 0.272 e. The van der Waals surface area contributed by atoms with Crippen molar-refractivity contribution in [2.75, 3.05) is 19.5 Å². The third kappa shape index (κ3) is 7.71. The molecule has 0 unspecified atom stereocenters. The number of ether oxygens (including phenoxy) is 2. The molecule has 0 fully saturated rings. The number of rotatable bonds is 10. The van der Waals surface area contributed by atoms with Crippen LogP contribution < -0.4 is 20.1 Å². The lowest BCUT2D eigenvalue weighted by Gasteiger charge is -2.12. The highest BCUT2D eigenvalue weighted by molar-refractivity contribution is 6.32. The van der Waals surface area contributed by atoms with Crippen molar-refractivity contribution in [3.8, 4) is 11.5 Å². The van der Waals surface area contributed by atoms with Crippen LogP contribution in [0.4, 0.5) is 5.69 Å². The lowest BCUT2D eigenvalue weighted by atomic mass is 10.1. The van der Waals surface area contributed by atoms with Crippen molar-refractivity contribution >= 4 is 47.0 Å². The normalized spacial score (nSPS) is 11.1. The third-order valence-corrected chi connectivity index (χ3v) is 6.36. The molecule has 0 aliphatic rings. The zero-order valence-electron chi connectivity index (χ0n) is 22.4. The van der Waals surface area contributed by atoms with E-state index in [9.17, 15) is 14.4 Å². The Morgan fingerprint density at radius 1 is 0.756 bits per heavy atom. The average molecular weight is 567 g/mol. The van der Waals surface area contributed by atoms with Crippen molar-refractivity contribution < 1.29 is 23.9 Å². The van der Waals surface area contributed by atoms with E-state index >= 15 is 0 Å². The number of hydrogen-bond acceptors (Lipinski definition) is 5. The number of benzene rings is 4. The summed E-state index contributed by atoms with van der Waals surface area (Å²) in [5, 5.41) is 5.87. The summed E-state index contributed by atoms with van der Waals surface area (Å²) in [5.41, 5.74) is 2.51. The summed E-state index contributed by atoms with van der Waals surface area (Å²) < 4.78 is 10.6. The first-order chi connectivity index (χ1) is 19.9. The van der Waals surface area contributed by atoms with E-state index in [0.717, 1.165) is 0 Å². The lowest BCUT2D eigenvalue weighted by Crippen LogP contribution is -2.30. The van der Waals surface area contributed by atoms with Crippen LogP contribution in [0.1, 0.15) is 31.8 Å². The molecule has 8 heteroatoms. The smallest absolute Gasteiger partial charge is 0.272 e. The van der Waals surface area contributed by atoms with Gasteiger partial charge in [0, 0.05) is 27.4 Å². The van der Waals surface area contributed by atoms with Crippen LogP contribution in [0.3, 0.4) is 0 Å². The van der Waals surface area contributed by atoms with E-state index in [1.807, 2.05) is 0 Å². The Morgan fingerprint density at radius 2 is 1.46 bits per heavy atom. The summed E-state index contributed by atoms with van der Waals surface area (Å²) in [6, 6.07) is 27.3. The minimum Gasteiger partial charge on any atom is -0.497 e. The third-order valence-electron chi connectivity index (χ3n) is 6.01. The zero-order valence-corrected chi connectivity index (χ0v) is 23.1. The number of amides is 2. The predicted octanol–water partition coefficient (Wildman–Crippen LogP) is 6.66. The Kier molecular flexibility index (Phi) is 9.70. The van der Waals surface area contributed by atoms with Crippen LogP contribution in [0.15, 0.2) is 109 Å². The van der Waals surface area contributed by atoms with Gasteiger partial charge < -0.3 is 20.1 Å². The summed E-state index contributed by atoms with van der Waals surface area (Å²) >= 11 is 6.29. The Labute approximate surface area is 243 Å². The lowest BCUT2D eigenvalue weighted by molar-refractivity contribution is -0.113. The van der Waals surface area contributed by atoms with Crippen molar-refractivity contribution in [1.29, 1.82) is 0 Å². The van der Waals surface area contributed by atoms with E-state index in [0.29, 0.717) is 44.5 Å². The van der Waals surface area contributed by atoms with Gasteiger partial charge >= 0.3 is 0 Å². The first-order valence-corrected chi connectivity index (χ1v) is 12.9. The fraction of sp³-hybridized carbons (Fsp3) is 0.0606. The number of carbonyl (C=O) groups is 3. The highest BCUT2D eigenvalue weighted by Gasteiger charge is 2.16. The van der Waals surface area contributed by atoms with Gasteiger partial charge in [0.15, 0.2) is 5.78 Å². The molecule has 0 spiro atoms. The molecule has 0 atom stereocenters. The second-order valence-corrected chi connectivity index (χ2v) is 9.14. The number of anilines is 1. The van der Waals surface area contributed by atoms with Crippen LogP contribution in [0.25, 0.3) is 12.2 Å². The van der Waals surface area contributed by atoms with Crippen LogP contribution in [0, 0.1) is 0 Å². The van der Waals surface area contributed by atoms with E-state index in [4.69, 9.17) is 21.1 Å². The molecule has 0 saturated carbocycles. The Hall–Kier alpha value is -5.14. The quantitative estimate of drug-likeness (QED) is 0.165. The average Bonchev–Trinajstić information content (AvgIpc) is 3.01. The maximum absolute atomic E-state index is 13.2. The molecule has 2 amide bonds. The van der Waals surface area contributed by atoms with E-state index in [2.05, 4.69) is 10.6 Å². The van der Waals surface area contributed by atoms with E-state index in [1.165, 1.54) is 12.2 Å². The first kappa shape index (κ1) is 28.9. The van der Waals surface area contributed by atoms with E-state index in [1.54, 1.807) is 117 Å². The van der Waals surface area contributed by atoms with Gasteiger partial charge in [-0.3, -0.25) is 14.4 Å². The van der Waals surface area contributed by atoms with Crippen molar-refractivity contribution in [2.45, 2.75) is 0 Å². The van der Waals surface area contributed by atoms with Crippen LogP contribution in [-0.4, -0.2) is 31.8 Å². The fourth-order valence-corrected chi connectivity index (χ4v) is 4.03. The second-order valence-electron chi connectivity index (χ2n) is 8.74. The van der Waals surface area contributed by atoms with Crippen LogP contribution in [0.5, 0.6) is 11.5 Å². The molecule has 0 radical (unpaired) electrons. The number of methoxy groups -OCH3 is 2. The summed E-state index contributed by atoms with van der Waals surface area (Å²) in [5.74, 6) is 0.00810. The number of carbonyl (C=O) groups excluding carboxylic acids is 3. The molecule has 4 aromatic rings. The predicted molar refractivity (Wildman–Crippen MR) is 161 cm³/mol. The van der Waals surface area contributed by atoms with Gasteiger partial charge in [0.1, 0.15) is 17.2 Å². The number of ketones is 1. The highest BCUT2D eigenvalue weighted by Crippen LogP contribution is 2.25. The molecule has 0 bridgehead atoms. The van der Waals surface area contributed by atoms with Crippen LogP contribution >= 0.6 is 11.6 Å². The largest absolute Gasteiger partial charge is 0.497 e. The molecule has 41 heavy (non-hydrogen) atoms. The van der Waals surface area contributed by atoms with Crippen molar-refractivity contribution in [3.63, 3.8) is 0 Å². The molecular formula is C33H27ClN2O5. The van der Waals surface area contributed by atoms with Crippen LogP contribution in [-0.2, 0) is 4.79 Å². The van der Waals surface area contributed by atoms with Crippen molar-refractivity contribution in [2.24, 2.45) is 0 Å². The van der Waals surface area contributed by atoms with Gasteiger partial charge in [-0.25, -0.2) is 0 Å². The Bertz CT molecular complexity index is 1610. The van der Waals surface area contributed by atoms with Gasteiger partial charge in [-0.1, -0.05) is 48.0 Å². The zero-order chi connectivity index (χ0) is 29.2. The van der Waals surface area contributed by atoms with Gasteiger partial charge in [0.2, 0.25) is 0 Å². The van der Waals surface area contributed by atoms with Gasteiger partial charge in [0.25, 0.3) is 11.8 Å². The molecule has 4 aromatic carbocycles. The Balaban J connectivity index is 1.50. The Morgan fingerprint density at radius 3 is 2.15 bits per heavy atom. The molecule has 2 N–H and O–H groups in total. The number of nitrogens with one attached hydrogen (secondary N) is 2. The van der Waals surface area contributed by atoms with Gasteiger partial charge in [-0.2, -0.15) is 0 Å². The minimum absolute atomic E-state index is 0.00211. The van der Waals surface area contributed by atoms with Gasteiger partial charge in [0.05, 0.1) is 14.2 Å². The standard InChI is InChI=1S/C33H27ClN2O5/c1-40-27-17-19-31(41-2)25(20-27)14-18-30(37)22-12-15-26(16-13-22)35-33(39)29(21-24-10-6-7-11-28(24)34)36-32(38)23-8-4-3-5-9-23/h3-21H,1-2H3,(H,35,39)(H,36,38)/b18-14+,29-21-. The maximum atomic E-state index is 13.2. The summed E-state index contributed by atoms with van der Waals surface area (Å²) in [6.45, 7) is 0. The van der Waals surface area contributed by atoms with Crippen molar-refractivity contribution in [3.05, 3.63) is 136 Å². The summed E-state index contributed by atoms with van der Waals surface area (Å²) in [7, 11) is 3.11. The van der Waals surface area contributed by atoms with E-state index in [-0.39, 0.29) is 11.5 Å². The molecule has 0 saturated heterocycles. The van der Waals surface area contributed by atoms with Gasteiger partial charge in [-0.15, -0.1) is 0 Å². The number of hydrogen-bond donors (Lipinski definition) is 2. The topological polar surface area (TPSA) is 93.7 Å². The molecule has 0 aromatic heterocycles. The molecule has 206 valence electrons. The summed E-state index contributed by atoms with van der Waals surface area (Å²) in [6.07, 6.45) is 4.60. The molecular weight excluding hydrogens is 540 g/mol. The molecule has 0 aliphatic heterocycles. The van der Waals surface area contributed by atoms with Crippen LogP contribution in [0.2, 0.25) is 5.02 Å². The molecule has 4 rings (SSSR count). The molecule has 0 heterocycles. The minimum atomic E-state index is -0.557. The SMILES string of the molecule is COc1ccc(OC)c(/C=C/C(=O)c2ccc(NC(=O)/C(=C/c3ccccc3Cl)NC(=O)c3ccccc3)cc2)c1. The number of allylic oxidation sites excluding steroid dienone is 1. The number of halogens is 1. The molecule has 0 aliphatic carbocycles. The van der Waals surface area contributed by atoms with Crippen molar-refractivity contribution in [1.82, 2.24) is 5.32 Å².